The Labute approximate surface area is 119 Å². The molecule has 0 aliphatic heterocycles. The normalized spacial score (nSPS) is 10.1. The first-order valence-electron chi connectivity index (χ1n) is 5.75. The molecular weight excluding hydrogens is 278 g/mol. The highest BCUT2D eigenvalue weighted by molar-refractivity contribution is 7.11. The molecule has 104 valence electrons. The summed E-state index contributed by atoms with van der Waals surface area (Å²) in [6.07, 6.45) is 0. The highest BCUT2D eigenvalue weighted by atomic mass is 32.1. The Morgan fingerprint density at radius 3 is 2.70 bits per heavy atom. The molecule has 0 aliphatic rings. The van der Waals surface area contributed by atoms with Crippen LogP contribution in [0.15, 0.2) is 29.6 Å². The number of nitrogens with one attached hydrogen (secondary N) is 1. The smallest absolute Gasteiger partial charge is 0.365 e. The molecule has 0 fully saturated rings. The minimum atomic E-state index is -1.14. The SMILES string of the molecule is CN(C)c1cccc(NC(=O)c2csc(C(=O)O)n2)c1. The second kappa shape index (κ2) is 5.70. The number of nitrogens with zero attached hydrogens (tertiary/aromatic N) is 2. The lowest BCUT2D eigenvalue weighted by Crippen LogP contribution is -2.14. The Morgan fingerprint density at radius 2 is 2.10 bits per heavy atom. The van der Waals surface area contributed by atoms with Gasteiger partial charge in [0.25, 0.3) is 5.91 Å². The van der Waals surface area contributed by atoms with Crippen molar-refractivity contribution in [1.29, 1.82) is 0 Å². The minimum absolute atomic E-state index is 0.0997. The fraction of sp³-hybridized carbons (Fsp3) is 0.154. The summed E-state index contributed by atoms with van der Waals surface area (Å²) in [6.45, 7) is 0. The van der Waals surface area contributed by atoms with E-state index in [1.54, 1.807) is 6.07 Å². The van der Waals surface area contributed by atoms with Crippen molar-refractivity contribution in [2.75, 3.05) is 24.3 Å². The standard InChI is InChI=1S/C13H13N3O3S/c1-16(2)9-5-3-4-8(6-9)14-11(17)10-7-20-12(15-10)13(18)19/h3-7H,1-2H3,(H,14,17)(H,18,19). The molecule has 6 nitrogen and oxygen atoms in total. The van der Waals surface area contributed by atoms with Crippen molar-refractivity contribution >= 4 is 34.6 Å². The number of carbonyl (C=O) groups excluding carboxylic acids is 1. The third-order valence-electron chi connectivity index (χ3n) is 2.54. The number of rotatable bonds is 4. The maximum atomic E-state index is 12.0. The number of aromatic carboxylic acids is 1. The van der Waals surface area contributed by atoms with E-state index in [2.05, 4.69) is 10.3 Å². The van der Waals surface area contributed by atoms with E-state index in [0.717, 1.165) is 17.0 Å². The number of carboxylic acid groups (broad SMARTS) is 1. The van der Waals surface area contributed by atoms with Crippen LogP contribution in [0.1, 0.15) is 20.3 Å². The van der Waals surface area contributed by atoms with Crippen LogP contribution in [-0.2, 0) is 0 Å². The van der Waals surface area contributed by atoms with Crippen LogP contribution in [0, 0.1) is 0 Å². The number of amides is 1. The molecule has 0 saturated carbocycles. The summed E-state index contributed by atoms with van der Waals surface area (Å²) in [7, 11) is 3.81. The maximum absolute atomic E-state index is 12.0. The van der Waals surface area contributed by atoms with Crippen LogP contribution in [0.3, 0.4) is 0 Å². The average molecular weight is 291 g/mol. The molecule has 7 heteroatoms. The summed E-state index contributed by atoms with van der Waals surface area (Å²) in [6, 6.07) is 7.33. The van der Waals surface area contributed by atoms with Crippen LogP contribution < -0.4 is 10.2 Å². The van der Waals surface area contributed by atoms with Gasteiger partial charge in [0.05, 0.1) is 0 Å². The Bertz CT molecular complexity index is 652. The summed E-state index contributed by atoms with van der Waals surface area (Å²) in [4.78, 5) is 28.4. The third kappa shape index (κ3) is 3.12. The first-order chi connectivity index (χ1) is 9.47. The van der Waals surface area contributed by atoms with E-state index in [4.69, 9.17) is 5.11 Å². The van der Waals surface area contributed by atoms with Gasteiger partial charge in [-0.3, -0.25) is 4.79 Å². The van der Waals surface area contributed by atoms with Crippen LogP contribution in [0.5, 0.6) is 0 Å². The zero-order valence-electron chi connectivity index (χ0n) is 11.0. The Balaban J connectivity index is 2.14. The van der Waals surface area contributed by atoms with Crippen molar-refractivity contribution in [3.63, 3.8) is 0 Å². The molecule has 1 heterocycles. The van der Waals surface area contributed by atoms with Crippen molar-refractivity contribution in [3.05, 3.63) is 40.3 Å². The molecule has 0 aliphatic carbocycles. The molecule has 0 radical (unpaired) electrons. The topological polar surface area (TPSA) is 82.5 Å². The lowest BCUT2D eigenvalue weighted by molar-refractivity contribution is 0.0696. The minimum Gasteiger partial charge on any atom is -0.476 e. The van der Waals surface area contributed by atoms with Crippen molar-refractivity contribution < 1.29 is 14.7 Å². The average Bonchev–Trinajstić information content (AvgIpc) is 2.88. The molecule has 1 aromatic heterocycles. The number of aromatic nitrogens is 1. The molecule has 0 spiro atoms. The quantitative estimate of drug-likeness (QED) is 0.902. The molecule has 2 rings (SSSR count). The number of carboxylic acids is 1. The first-order valence-corrected chi connectivity index (χ1v) is 6.63. The lowest BCUT2D eigenvalue weighted by Gasteiger charge is -2.13. The van der Waals surface area contributed by atoms with Gasteiger partial charge in [0, 0.05) is 30.9 Å². The van der Waals surface area contributed by atoms with Gasteiger partial charge in [0.2, 0.25) is 5.01 Å². The summed E-state index contributed by atoms with van der Waals surface area (Å²) in [5, 5.41) is 12.8. The largest absolute Gasteiger partial charge is 0.476 e. The highest BCUT2D eigenvalue weighted by Gasteiger charge is 2.14. The van der Waals surface area contributed by atoms with Gasteiger partial charge in [-0.15, -0.1) is 11.3 Å². The van der Waals surface area contributed by atoms with Gasteiger partial charge < -0.3 is 15.3 Å². The molecule has 0 saturated heterocycles. The predicted molar refractivity (Wildman–Crippen MR) is 77.8 cm³/mol. The number of thiazole rings is 1. The summed E-state index contributed by atoms with van der Waals surface area (Å²) < 4.78 is 0. The van der Waals surface area contributed by atoms with E-state index in [1.807, 2.05) is 37.2 Å². The zero-order valence-corrected chi connectivity index (χ0v) is 11.8. The van der Waals surface area contributed by atoms with Crippen LogP contribution in [0.25, 0.3) is 0 Å². The van der Waals surface area contributed by atoms with Crippen molar-refractivity contribution in [2.24, 2.45) is 0 Å². The molecule has 1 aromatic carbocycles. The summed E-state index contributed by atoms with van der Waals surface area (Å²) in [5.41, 5.74) is 1.68. The van der Waals surface area contributed by atoms with Crippen molar-refractivity contribution in [3.8, 4) is 0 Å². The third-order valence-corrected chi connectivity index (χ3v) is 3.37. The molecule has 0 unspecified atom stereocenters. The second-order valence-electron chi connectivity index (χ2n) is 4.24. The molecule has 0 atom stereocenters. The van der Waals surface area contributed by atoms with Gasteiger partial charge >= 0.3 is 5.97 Å². The fourth-order valence-corrected chi connectivity index (χ4v) is 2.17. The molecular formula is C13H13N3O3S. The van der Waals surface area contributed by atoms with E-state index >= 15 is 0 Å². The number of hydrogen-bond donors (Lipinski definition) is 2. The summed E-state index contributed by atoms with van der Waals surface area (Å²) in [5.74, 6) is -1.56. The van der Waals surface area contributed by atoms with Crippen LogP contribution in [-0.4, -0.2) is 36.1 Å². The Hall–Kier alpha value is -2.41. The molecule has 20 heavy (non-hydrogen) atoms. The molecule has 2 aromatic rings. The number of benzene rings is 1. The van der Waals surface area contributed by atoms with Gasteiger partial charge in [0.15, 0.2) is 0 Å². The van der Waals surface area contributed by atoms with Crippen LogP contribution in [0.2, 0.25) is 0 Å². The van der Waals surface area contributed by atoms with Gasteiger partial charge in [0.1, 0.15) is 5.69 Å². The first kappa shape index (κ1) is 14.0. The maximum Gasteiger partial charge on any atom is 0.365 e. The van der Waals surface area contributed by atoms with Gasteiger partial charge in [-0.25, -0.2) is 9.78 Å². The molecule has 2 N–H and O–H groups in total. The van der Waals surface area contributed by atoms with E-state index in [-0.39, 0.29) is 10.7 Å². The monoisotopic (exact) mass is 291 g/mol. The molecule has 0 bridgehead atoms. The number of anilines is 2. The van der Waals surface area contributed by atoms with E-state index < -0.39 is 11.9 Å². The second-order valence-corrected chi connectivity index (χ2v) is 5.10. The Morgan fingerprint density at radius 1 is 1.35 bits per heavy atom. The van der Waals surface area contributed by atoms with E-state index in [9.17, 15) is 9.59 Å². The van der Waals surface area contributed by atoms with Crippen LogP contribution in [0.4, 0.5) is 11.4 Å². The van der Waals surface area contributed by atoms with Crippen molar-refractivity contribution in [1.82, 2.24) is 4.98 Å². The fourth-order valence-electron chi connectivity index (χ4n) is 1.53. The molecule has 1 amide bonds. The Kier molecular flexibility index (Phi) is 3.99. The summed E-state index contributed by atoms with van der Waals surface area (Å²) >= 11 is 0.925. The predicted octanol–water partition coefficient (Wildman–Crippen LogP) is 2.16. The van der Waals surface area contributed by atoms with Gasteiger partial charge in [-0.05, 0) is 18.2 Å². The van der Waals surface area contributed by atoms with Gasteiger partial charge in [-0.1, -0.05) is 6.07 Å². The highest BCUT2D eigenvalue weighted by Crippen LogP contribution is 2.18. The zero-order chi connectivity index (χ0) is 14.7. The van der Waals surface area contributed by atoms with Gasteiger partial charge in [-0.2, -0.15) is 0 Å². The number of hydrogen-bond acceptors (Lipinski definition) is 5. The van der Waals surface area contributed by atoms with Crippen molar-refractivity contribution in [2.45, 2.75) is 0 Å². The lowest BCUT2D eigenvalue weighted by atomic mass is 10.2. The van der Waals surface area contributed by atoms with E-state index in [1.165, 1.54) is 5.38 Å². The van der Waals surface area contributed by atoms with Crippen LogP contribution >= 0.6 is 11.3 Å². The van der Waals surface area contributed by atoms with E-state index in [0.29, 0.717) is 5.69 Å². The number of carbonyl (C=O) groups is 2.